The summed E-state index contributed by atoms with van der Waals surface area (Å²) in [6.07, 6.45) is -1.55. The summed E-state index contributed by atoms with van der Waals surface area (Å²) in [5.74, 6) is -0.781. The molecule has 1 heterocycles. The molecule has 4 aliphatic rings. The van der Waals surface area contributed by atoms with E-state index in [1.807, 2.05) is 6.92 Å². The summed E-state index contributed by atoms with van der Waals surface area (Å²) >= 11 is 0. The van der Waals surface area contributed by atoms with Crippen molar-refractivity contribution in [1.29, 1.82) is 0 Å². The van der Waals surface area contributed by atoms with Crippen molar-refractivity contribution in [2.45, 2.75) is 51.1 Å². The molecular weight excluding hydrogens is 260 g/mol. The SMILES string of the molecule is C[C@@H]1[C@@H]2O[C@H]3[C@H]4[C@H](CC4(C)C)[C@](CO)(C(=O)[C@H]2O)[C@@]13O. The Kier molecular flexibility index (Phi) is 2.17. The van der Waals surface area contributed by atoms with Crippen molar-refractivity contribution in [1.82, 2.24) is 0 Å². The smallest absolute Gasteiger partial charge is 0.175 e. The van der Waals surface area contributed by atoms with Crippen LogP contribution in [-0.2, 0) is 9.53 Å². The van der Waals surface area contributed by atoms with Gasteiger partial charge >= 0.3 is 0 Å². The number of aliphatic hydroxyl groups excluding tert-OH is 2. The monoisotopic (exact) mass is 282 g/mol. The number of rotatable bonds is 1. The number of ketones is 1. The number of carbonyl (C=O) groups is 1. The second-order valence-corrected chi connectivity index (χ2v) is 7.90. The number of hydrogen-bond acceptors (Lipinski definition) is 5. The molecule has 0 unspecified atom stereocenters. The largest absolute Gasteiger partial charge is 0.395 e. The summed E-state index contributed by atoms with van der Waals surface area (Å²) in [6.45, 7) is 5.65. The van der Waals surface area contributed by atoms with Crippen LogP contribution in [0.1, 0.15) is 27.2 Å². The van der Waals surface area contributed by atoms with Crippen LogP contribution in [0.5, 0.6) is 0 Å². The van der Waals surface area contributed by atoms with Gasteiger partial charge in [0.05, 0.1) is 24.2 Å². The second kappa shape index (κ2) is 3.29. The van der Waals surface area contributed by atoms with Gasteiger partial charge < -0.3 is 20.1 Å². The first kappa shape index (κ1) is 13.2. The number of hydrogen-bond donors (Lipinski definition) is 3. The van der Waals surface area contributed by atoms with E-state index >= 15 is 0 Å². The molecule has 3 N–H and O–H groups in total. The molecule has 20 heavy (non-hydrogen) atoms. The fourth-order valence-corrected chi connectivity index (χ4v) is 5.99. The van der Waals surface area contributed by atoms with Crippen LogP contribution < -0.4 is 0 Å². The standard InChI is InChI=1S/C15H22O5/c1-6-10-9(17)11(18)14(5-16)7-4-13(2,3)8(7)12(20-10)15(6,14)19/h6-10,12,16-17,19H,4-5H2,1-3H3/t6-,7+,8-,9+,10+,12+,14-,15-/m1/s1. The minimum Gasteiger partial charge on any atom is -0.395 e. The molecule has 0 aromatic rings. The molecule has 0 aromatic carbocycles. The Morgan fingerprint density at radius 2 is 2.05 bits per heavy atom. The summed E-state index contributed by atoms with van der Waals surface area (Å²) in [5, 5.41) is 31.6. The second-order valence-electron chi connectivity index (χ2n) is 7.90. The van der Waals surface area contributed by atoms with Gasteiger partial charge in [0, 0.05) is 5.92 Å². The van der Waals surface area contributed by atoms with E-state index in [4.69, 9.17) is 4.74 Å². The van der Waals surface area contributed by atoms with Crippen molar-refractivity contribution in [3.8, 4) is 0 Å². The molecular formula is C15H22O5. The lowest BCUT2D eigenvalue weighted by molar-refractivity contribution is -0.199. The first-order valence-electron chi connectivity index (χ1n) is 7.44. The lowest BCUT2D eigenvalue weighted by Gasteiger charge is -2.56. The first-order chi connectivity index (χ1) is 9.23. The van der Waals surface area contributed by atoms with Gasteiger partial charge in [0.2, 0.25) is 0 Å². The predicted octanol–water partition coefficient (Wildman–Crippen LogP) is -0.281. The summed E-state index contributed by atoms with van der Waals surface area (Å²) < 4.78 is 5.94. The highest BCUT2D eigenvalue weighted by molar-refractivity contribution is 5.94. The minimum absolute atomic E-state index is 0.00256. The Morgan fingerprint density at radius 1 is 1.40 bits per heavy atom. The molecule has 3 aliphatic carbocycles. The van der Waals surface area contributed by atoms with Crippen LogP contribution in [0.4, 0.5) is 0 Å². The highest BCUT2D eigenvalue weighted by Crippen LogP contribution is 2.75. The number of fused-ring (bicyclic) bond motifs is 4. The highest BCUT2D eigenvalue weighted by atomic mass is 16.5. The van der Waals surface area contributed by atoms with Gasteiger partial charge in [-0.15, -0.1) is 0 Å². The van der Waals surface area contributed by atoms with E-state index in [9.17, 15) is 20.1 Å². The molecule has 0 spiro atoms. The fraction of sp³-hybridized carbons (Fsp3) is 0.933. The van der Waals surface area contributed by atoms with E-state index < -0.39 is 41.7 Å². The van der Waals surface area contributed by atoms with Gasteiger partial charge in [-0.3, -0.25) is 4.79 Å². The molecule has 5 nitrogen and oxygen atoms in total. The van der Waals surface area contributed by atoms with Crippen LogP contribution in [0.25, 0.3) is 0 Å². The molecule has 3 saturated carbocycles. The van der Waals surface area contributed by atoms with Gasteiger partial charge in [0.15, 0.2) is 5.78 Å². The quantitative estimate of drug-likeness (QED) is 0.616. The van der Waals surface area contributed by atoms with Gasteiger partial charge in [0.25, 0.3) is 0 Å². The van der Waals surface area contributed by atoms with Crippen molar-refractivity contribution in [3.05, 3.63) is 0 Å². The van der Waals surface area contributed by atoms with Crippen molar-refractivity contribution in [2.75, 3.05) is 6.61 Å². The summed E-state index contributed by atoms with van der Waals surface area (Å²) in [7, 11) is 0. The average Bonchev–Trinajstić information content (AvgIpc) is 2.70. The molecule has 0 amide bonds. The van der Waals surface area contributed by atoms with Gasteiger partial charge in [-0.1, -0.05) is 20.8 Å². The molecule has 8 atom stereocenters. The zero-order valence-electron chi connectivity index (χ0n) is 12.0. The molecule has 4 fully saturated rings. The van der Waals surface area contributed by atoms with Crippen LogP contribution in [0.2, 0.25) is 0 Å². The molecule has 2 bridgehead atoms. The molecule has 112 valence electrons. The lowest BCUT2D eigenvalue weighted by Crippen LogP contribution is -2.68. The van der Waals surface area contributed by atoms with E-state index in [0.29, 0.717) is 0 Å². The van der Waals surface area contributed by atoms with Gasteiger partial charge in [-0.2, -0.15) is 0 Å². The Bertz CT molecular complexity index is 502. The zero-order chi connectivity index (χ0) is 14.7. The van der Waals surface area contributed by atoms with Crippen LogP contribution in [0, 0.1) is 28.6 Å². The first-order valence-corrected chi connectivity index (χ1v) is 7.44. The Labute approximate surface area is 117 Å². The maximum absolute atomic E-state index is 12.7. The van der Waals surface area contributed by atoms with Crippen LogP contribution in [-0.4, -0.2) is 51.6 Å². The third kappa shape index (κ3) is 0.960. The topological polar surface area (TPSA) is 87.0 Å². The number of carbonyl (C=O) groups excluding carboxylic acids is 1. The Morgan fingerprint density at radius 3 is 2.60 bits per heavy atom. The van der Waals surface area contributed by atoms with Crippen LogP contribution >= 0.6 is 0 Å². The molecule has 5 heteroatoms. The zero-order valence-corrected chi connectivity index (χ0v) is 12.0. The maximum Gasteiger partial charge on any atom is 0.175 e. The molecule has 0 radical (unpaired) electrons. The van der Waals surface area contributed by atoms with Crippen LogP contribution in [0.3, 0.4) is 0 Å². The highest BCUT2D eigenvalue weighted by Gasteiger charge is 2.85. The molecule has 4 rings (SSSR count). The Balaban J connectivity index is 1.95. The van der Waals surface area contributed by atoms with Gasteiger partial charge in [0.1, 0.15) is 11.7 Å². The lowest BCUT2D eigenvalue weighted by atomic mass is 9.48. The normalized spacial score (nSPS) is 62.2. The third-order valence-electron chi connectivity index (χ3n) is 6.95. The van der Waals surface area contributed by atoms with Crippen molar-refractivity contribution < 1.29 is 24.9 Å². The molecule has 1 saturated heterocycles. The summed E-state index contributed by atoms with van der Waals surface area (Å²) in [4.78, 5) is 12.7. The van der Waals surface area contributed by atoms with Gasteiger partial charge in [-0.25, -0.2) is 0 Å². The maximum atomic E-state index is 12.7. The number of aliphatic hydroxyl groups is 3. The van der Waals surface area contributed by atoms with E-state index in [1.54, 1.807) is 0 Å². The van der Waals surface area contributed by atoms with Crippen molar-refractivity contribution in [2.24, 2.45) is 28.6 Å². The number of ether oxygens (including phenoxy) is 1. The summed E-state index contributed by atoms with van der Waals surface area (Å²) in [6, 6.07) is 0. The van der Waals surface area contributed by atoms with Gasteiger partial charge in [-0.05, 0) is 23.7 Å². The minimum atomic E-state index is -1.34. The fourth-order valence-electron chi connectivity index (χ4n) is 5.99. The van der Waals surface area contributed by atoms with Crippen molar-refractivity contribution >= 4 is 5.78 Å². The number of Topliss-reactive ketones (excluding diaryl/α,β-unsaturated/α-hetero) is 1. The van der Waals surface area contributed by atoms with Crippen LogP contribution in [0.15, 0.2) is 0 Å². The van der Waals surface area contributed by atoms with E-state index in [1.165, 1.54) is 0 Å². The molecule has 0 aromatic heterocycles. The van der Waals surface area contributed by atoms with E-state index in [0.717, 1.165) is 6.42 Å². The average molecular weight is 282 g/mol. The third-order valence-corrected chi connectivity index (χ3v) is 6.95. The Hall–Kier alpha value is -0.490. The van der Waals surface area contributed by atoms with Crippen molar-refractivity contribution in [3.63, 3.8) is 0 Å². The van der Waals surface area contributed by atoms with E-state index in [-0.39, 0.29) is 23.2 Å². The predicted molar refractivity (Wildman–Crippen MR) is 68.7 cm³/mol. The molecule has 1 aliphatic heterocycles. The summed E-state index contributed by atoms with van der Waals surface area (Å²) in [5.41, 5.74) is -2.59. The van der Waals surface area contributed by atoms with E-state index in [2.05, 4.69) is 13.8 Å².